The van der Waals surface area contributed by atoms with Gasteiger partial charge < -0.3 is 4.90 Å². The minimum Gasteiger partial charge on any atom is -0.303 e. The highest BCUT2D eigenvalue weighted by Gasteiger charge is 2.27. The van der Waals surface area contributed by atoms with Crippen LogP contribution in [0.15, 0.2) is 0 Å². The lowest BCUT2D eigenvalue weighted by molar-refractivity contribution is 0.0815. The molecule has 1 aliphatic heterocycles. The van der Waals surface area contributed by atoms with Gasteiger partial charge in [0.25, 0.3) is 0 Å². The summed E-state index contributed by atoms with van der Waals surface area (Å²) >= 11 is 0. The summed E-state index contributed by atoms with van der Waals surface area (Å²) < 4.78 is 0. The molecule has 76 valence electrons. The first-order chi connectivity index (χ1) is 6.38. The third-order valence-electron chi connectivity index (χ3n) is 3.87. The minimum absolute atomic E-state index is 1.06. The second kappa shape index (κ2) is 4.45. The Morgan fingerprint density at radius 1 is 1.00 bits per heavy atom. The van der Waals surface area contributed by atoms with Gasteiger partial charge in [-0.3, -0.25) is 0 Å². The van der Waals surface area contributed by atoms with Gasteiger partial charge in [0.2, 0.25) is 0 Å². The third kappa shape index (κ3) is 2.46. The maximum absolute atomic E-state index is 2.56. The van der Waals surface area contributed by atoms with Crippen LogP contribution in [0.5, 0.6) is 0 Å². The van der Waals surface area contributed by atoms with Crippen molar-refractivity contribution in [1.29, 1.82) is 0 Å². The van der Waals surface area contributed by atoms with Gasteiger partial charge in [0, 0.05) is 13.1 Å². The molecule has 0 bridgehead atoms. The molecule has 1 heterocycles. The van der Waals surface area contributed by atoms with E-state index < -0.39 is 0 Å². The molecule has 0 aromatic heterocycles. The molecule has 1 aliphatic carbocycles. The molecule has 1 saturated heterocycles. The van der Waals surface area contributed by atoms with Crippen LogP contribution >= 0.6 is 0 Å². The van der Waals surface area contributed by atoms with Crippen molar-refractivity contribution in [3.8, 4) is 0 Å². The van der Waals surface area contributed by atoms with Gasteiger partial charge in [-0.1, -0.05) is 39.0 Å². The molecule has 0 atom stereocenters. The number of hydrogen-bond donors (Lipinski definition) is 0. The molecule has 2 aliphatic rings. The Labute approximate surface area is 82.5 Å². The summed E-state index contributed by atoms with van der Waals surface area (Å²) in [4.78, 5) is 2.56. The van der Waals surface area contributed by atoms with Crippen molar-refractivity contribution in [2.24, 2.45) is 11.8 Å². The van der Waals surface area contributed by atoms with E-state index in [4.69, 9.17) is 0 Å². The zero-order valence-electron chi connectivity index (χ0n) is 8.97. The second-order valence-electron chi connectivity index (χ2n) is 4.96. The van der Waals surface area contributed by atoms with Crippen LogP contribution in [-0.2, 0) is 0 Å². The Hall–Kier alpha value is -0.0400. The van der Waals surface area contributed by atoms with E-state index >= 15 is 0 Å². The molecule has 0 radical (unpaired) electrons. The fraction of sp³-hybridized carbons (Fsp3) is 1.00. The zero-order valence-corrected chi connectivity index (χ0v) is 8.97. The van der Waals surface area contributed by atoms with Crippen molar-refractivity contribution in [2.45, 2.75) is 45.4 Å². The molecule has 13 heavy (non-hydrogen) atoms. The third-order valence-corrected chi connectivity index (χ3v) is 3.87. The van der Waals surface area contributed by atoms with Gasteiger partial charge in [0.05, 0.1) is 0 Å². The van der Waals surface area contributed by atoms with Gasteiger partial charge >= 0.3 is 0 Å². The van der Waals surface area contributed by atoms with Crippen molar-refractivity contribution in [1.82, 2.24) is 4.90 Å². The van der Waals surface area contributed by atoms with Crippen LogP contribution in [0.1, 0.15) is 45.4 Å². The number of likely N-dealkylation sites (tertiary alicyclic amines) is 1. The van der Waals surface area contributed by atoms with Crippen molar-refractivity contribution in [3.05, 3.63) is 0 Å². The zero-order chi connectivity index (χ0) is 9.10. The van der Waals surface area contributed by atoms with Gasteiger partial charge in [-0.25, -0.2) is 0 Å². The standard InChI is InChI=1S/C12H23N/c1-2-13-9-12(10-13)8-11-6-4-3-5-7-11/h11-12H,2-10H2,1H3. The summed E-state index contributed by atoms with van der Waals surface area (Å²) in [6, 6.07) is 0. The molecular weight excluding hydrogens is 158 g/mol. The summed E-state index contributed by atoms with van der Waals surface area (Å²) in [6.45, 7) is 6.33. The Morgan fingerprint density at radius 2 is 1.69 bits per heavy atom. The molecule has 0 spiro atoms. The SMILES string of the molecule is CCN1CC(CC2CCCCC2)C1. The van der Waals surface area contributed by atoms with Crippen LogP contribution in [0.4, 0.5) is 0 Å². The molecule has 0 amide bonds. The van der Waals surface area contributed by atoms with E-state index in [1.807, 2.05) is 0 Å². The van der Waals surface area contributed by atoms with Crippen LogP contribution in [-0.4, -0.2) is 24.5 Å². The molecule has 1 nitrogen and oxygen atoms in total. The maximum atomic E-state index is 2.56. The lowest BCUT2D eigenvalue weighted by atomic mass is 9.80. The first kappa shape index (κ1) is 9.51. The molecule has 1 saturated carbocycles. The second-order valence-corrected chi connectivity index (χ2v) is 4.96. The topological polar surface area (TPSA) is 3.24 Å². The predicted octanol–water partition coefficient (Wildman–Crippen LogP) is 2.91. The van der Waals surface area contributed by atoms with Gasteiger partial charge in [0.15, 0.2) is 0 Å². The van der Waals surface area contributed by atoms with Crippen molar-refractivity contribution in [3.63, 3.8) is 0 Å². The highest BCUT2D eigenvalue weighted by Crippen LogP contribution is 2.32. The average Bonchev–Trinajstić information content (AvgIpc) is 2.12. The van der Waals surface area contributed by atoms with E-state index in [1.54, 1.807) is 0 Å². The predicted molar refractivity (Wildman–Crippen MR) is 56.8 cm³/mol. The fourth-order valence-corrected chi connectivity index (χ4v) is 2.98. The lowest BCUT2D eigenvalue weighted by Gasteiger charge is -2.40. The quantitative estimate of drug-likeness (QED) is 0.647. The number of hydrogen-bond acceptors (Lipinski definition) is 1. The van der Waals surface area contributed by atoms with Gasteiger partial charge in [-0.15, -0.1) is 0 Å². The van der Waals surface area contributed by atoms with Crippen molar-refractivity contribution >= 4 is 0 Å². The Kier molecular flexibility index (Phi) is 3.26. The molecule has 2 rings (SSSR count). The van der Waals surface area contributed by atoms with Crippen LogP contribution in [0.3, 0.4) is 0 Å². The Bertz CT molecular complexity index is 143. The first-order valence-electron chi connectivity index (χ1n) is 6.11. The molecule has 0 unspecified atom stereocenters. The Morgan fingerprint density at radius 3 is 2.31 bits per heavy atom. The van der Waals surface area contributed by atoms with Crippen LogP contribution in [0, 0.1) is 11.8 Å². The van der Waals surface area contributed by atoms with Crippen molar-refractivity contribution < 1.29 is 0 Å². The summed E-state index contributed by atoms with van der Waals surface area (Å²) in [6.07, 6.45) is 9.12. The molecule has 0 aromatic rings. The van der Waals surface area contributed by atoms with Crippen LogP contribution < -0.4 is 0 Å². The van der Waals surface area contributed by atoms with Crippen LogP contribution in [0.25, 0.3) is 0 Å². The lowest BCUT2D eigenvalue weighted by Crippen LogP contribution is -2.46. The highest BCUT2D eigenvalue weighted by atomic mass is 15.2. The summed E-state index contributed by atoms with van der Waals surface area (Å²) in [5.41, 5.74) is 0. The van der Waals surface area contributed by atoms with Gasteiger partial charge in [-0.05, 0) is 24.8 Å². The van der Waals surface area contributed by atoms with E-state index in [1.165, 1.54) is 58.2 Å². The van der Waals surface area contributed by atoms with Crippen molar-refractivity contribution in [2.75, 3.05) is 19.6 Å². The maximum Gasteiger partial charge on any atom is 0.00220 e. The number of nitrogens with zero attached hydrogens (tertiary/aromatic N) is 1. The number of rotatable bonds is 3. The van der Waals surface area contributed by atoms with Gasteiger partial charge in [0.1, 0.15) is 0 Å². The fourth-order valence-electron chi connectivity index (χ4n) is 2.98. The van der Waals surface area contributed by atoms with E-state index in [0.717, 1.165) is 11.8 Å². The minimum atomic E-state index is 1.06. The highest BCUT2D eigenvalue weighted by molar-refractivity contribution is 4.81. The monoisotopic (exact) mass is 181 g/mol. The smallest absolute Gasteiger partial charge is 0.00220 e. The summed E-state index contributed by atoms with van der Waals surface area (Å²) in [5, 5.41) is 0. The largest absolute Gasteiger partial charge is 0.303 e. The summed E-state index contributed by atoms with van der Waals surface area (Å²) in [5.74, 6) is 2.15. The molecule has 0 aromatic carbocycles. The first-order valence-corrected chi connectivity index (χ1v) is 6.11. The Balaban J connectivity index is 1.62. The summed E-state index contributed by atoms with van der Waals surface area (Å²) in [7, 11) is 0. The van der Waals surface area contributed by atoms with E-state index in [-0.39, 0.29) is 0 Å². The van der Waals surface area contributed by atoms with Crippen LogP contribution in [0.2, 0.25) is 0 Å². The average molecular weight is 181 g/mol. The molecular formula is C12H23N. The van der Waals surface area contributed by atoms with E-state index in [0.29, 0.717) is 0 Å². The van der Waals surface area contributed by atoms with E-state index in [2.05, 4.69) is 11.8 Å². The van der Waals surface area contributed by atoms with Gasteiger partial charge in [-0.2, -0.15) is 0 Å². The molecule has 2 fully saturated rings. The van der Waals surface area contributed by atoms with E-state index in [9.17, 15) is 0 Å². The normalized spacial score (nSPS) is 27.5. The molecule has 1 heteroatoms. The molecule has 0 N–H and O–H groups in total.